The van der Waals surface area contributed by atoms with Crippen LogP contribution < -0.4 is 5.32 Å². The van der Waals surface area contributed by atoms with Crippen molar-refractivity contribution in [2.24, 2.45) is 5.41 Å². The van der Waals surface area contributed by atoms with E-state index in [2.05, 4.69) is 41.5 Å². The maximum atomic E-state index is 12.5. The van der Waals surface area contributed by atoms with Crippen molar-refractivity contribution >= 4 is 17.2 Å². The number of benzene rings is 1. The largest absolute Gasteiger partial charge is 0.350 e. The molecule has 0 saturated heterocycles. The molecule has 20 heavy (non-hydrogen) atoms. The van der Waals surface area contributed by atoms with Gasteiger partial charge < -0.3 is 5.32 Å². The molecule has 3 rings (SSSR count). The minimum Gasteiger partial charge on any atom is -0.350 e. The summed E-state index contributed by atoms with van der Waals surface area (Å²) in [6, 6.07) is 8.43. The van der Waals surface area contributed by atoms with Crippen molar-refractivity contribution in [3.63, 3.8) is 0 Å². The Bertz CT molecular complexity index is 609. The Kier molecular flexibility index (Phi) is 3.57. The Morgan fingerprint density at radius 1 is 1.40 bits per heavy atom. The highest BCUT2D eigenvalue weighted by Crippen LogP contribution is 2.35. The second kappa shape index (κ2) is 5.37. The SMILES string of the molecule is CC1(C(=O)NCc2cscn2)CCc2ccccc2C1. The van der Waals surface area contributed by atoms with E-state index >= 15 is 0 Å². The van der Waals surface area contributed by atoms with Gasteiger partial charge in [0.15, 0.2) is 0 Å². The number of amides is 1. The van der Waals surface area contributed by atoms with Crippen LogP contribution in [0.3, 0.4) is 0 Å². The first-order chi connectivity index (χ1) is 9.67. The summed E-state index contributed by atoms with van der Waals surface area (Å²) in [6.07, 6.45) is 2.72. The van der Waals surface area contributed by atoms with E-state index in [1.807, 2.05) is 5.38 Å². The molecule has 0 spiro atoms. The summed E-state index contributed by atoms with van der Waals surface area (Å²) in [6.45, 7) is 2.60. The molecule has 0 aliphatic heterocycles. The van der Waals surface area contributed by atoms with E-state index in [1.54, 1.807) is 16.8 Å². The summed E-state index contributed by atoms with van der Waals surface area (Å²) >= 11 is 1.55. The molecule has 0 bridgehead atoms. The maximum absolute atomic E-state index is 12.5. The van der Waals surface area contributed by atoms with Gasteiger partial charge >= 0.3 is 0 Å². The van der Waals surface area contributed by atoms with Crippen LogP contribution in [-0.4, -0.2) is 10.9 Å². The van der Waals surface area contributed by atoms with Gasteiger partial charge in [-0.25, -0.2) is 4.98 Å². The minimum atomic E-state index is -0.301. The molecule has 1 amide bonds. The molecule has 1 heterocycles. The Balaban J connectivity index is 1.68. The number of fused-ring (bicyclic) bond motifs is 1. The van der Waals surface area contributed by atoms with Crippen molar-refractivity contribution in [2.45, 2.75) is 32.7 Å². The van der Waals surface area contributed by atoms with Crippen LogP contribution in [-0.2, 0) is 24.2 Å². The Hall–Kier alpha value is -1.68. The quantitative estimate of drug-likeness (QED) is 0.942. The van der Waals surface area contributed by atoms with Gasteiger partial charge in [-0.3, -0.25) is 4.79 Å². The molecular formula is C16H18N2OS. The zero-order valence-electron chi connectivity index (χ0n) is 11.6. The molecule has 1 aliphatic carbocycles. The number of nitrogens with one attached hydrogen (secondary N) is 1. The topological polar surface area (TPSA) is 42.0 Å². The second-order valence-electron chi connectivity index (χ2n) is 5.67. The summed E-state index contributed by atoms with van der Waals surface area (Å²) in [4.78, 5) is 16.7. The first kappa shape index (κ1) is 13.3. The number of rotatable bonds is 3. The van der Waals surface area contributed by atoms with Gasteiger partial charge in [0.25, 0.3) is 0 Å². The number of nitrogens with zero attached hydrogens (tertiary/aromatic N) is 1. The highest BCUT2D eigenvalue weighted by molar-refractivity contribution is 7.07. The van der Waals surface area contributed by atoms with Gasteiger partial charge in [-0.05, 0) is 30.4 Å². The first-order valence-corrected chi connectivity index (χ1v) is 7.84. The molecular weight excluding hydrogens is 268 g/mol. The fourth-order valence-corrected chi connectivity index (χ4v) is 3.35. The standard InChI is InChI=1S/C16H18N2OS/c1-16(15(19)17-9-14-10-20-11-18-14)7-6-12-4-2-3-5-13(12)8-16/h2-5,10-11H,6-9H2,1H3,(H,17,19). The van der Waals surface area contributed by atoms with Crippen LogP contribution >= 0.6 is 11.3 Å². The van der Waals surface area contributed by atoms with E-state index in [4.69, 9.17) is 0 Å². The number of thiazole rings is 1. The lowest BCUT2D eigenvalue weighted by Crippen LogP contribution is -2.42. The van der Waals surface area contributed by atoms with Gasteiger partial charge in [-0.1, -0.05) is 31.2 Å². The van der Waals surface area contributed by atoms with E-state index in [-0.39, 0.29) is 11.3 Å². The zero-order chi connectivity index (χ0) is 14.0. The van der Waals surface area contributed by atoms with Gasteiger partial charge in [-0.2, -0.15) is 0 Å². The molecule has 104 valence electrons. The van der Waals surface area contributed by atoms with Gasteiger partial charge in [0.05, 0.1) is 23.2 Å². The fourth-order valence-electron chi connectivity index (χ4n) is 2.80. The number of carbonyl (C=O) groups is 1. The number of hydrogen-bond acceptors (Lipinski definition) is 3. The molecule has 1 aromatic heterocycles. The van der Waals surface area contributed by atoms with E-state index in [1.165, 1.54) is 11.1 Å². The van der Waals surface area contributed by atoms with Crippen molar-refractivity contribution in [3.05, 3.63) is 52.0 Å². The summed E-state index contributed by atoms with van der Waals surface area (Å²) in [5.74, 6) is 0.139. The second-order valence-corrected chi connectivity index (χ2v) is 6.39. The lowest BCUT2D eigenvalue weighted by molar-refractivity contribution is -0.131. The maximum Gasteiger partial charge on any atom is 0.226 e. The summed E-state index contributed by atoms with van der Waals surface area (Å²) < 4.78 is 0. The van der Waals surface area contributed by atoms with Gasteiger partial charge in [0.1, 0.15) is 0 Å². The Morgan fingerprint density at radius 2 is 2.20 bits per heavy atom. The summed E-state index contributed by atoms with van der Waals surface area (Å²) in [5, 5.41) is 5.00. The van der Waals surface area contributed by atoms with Gasteiger partial charge in [0, 0.05) is 5.38 Å². The molecule has 1 N–H and O–H groups in total. The van der Waals surface area contributed by atoms with Crippen molar-refractivity contribution in [1.29, 1.82) is 0 Å². The number of aromatic nitrogens is 1. The van der Waals surface area contributed by atoms with Crippen molar-refractivity contribution in [1.82, 2.24) is 10.3 Å². The van der Waals surface area contributed by atoms with Crippen LogP contribution in [0.1, 0.15) is 30.2 Å². The predicted molar refractivity (Wildman–Crippen MR) is 80.5 cm³/mol. The van der Waals surface area contributed by atoms with Crippen molar-refractivity contribution < 1.29 is 4.79 Å². The van der Waals surface area contributed by atoms with E-state index in [0.717, 1.165) is 25.0 Å². The third kappa shape index (κ3) is 2.61. The van der Waals surface area contributed by atoms with Crippen molar-refractivity contribution in [2.75, 3.05) is 0 Å². The van der Waals surface area contributed by atoms with Crippen molar-refractivity contribution in [3.8, 4) is 0 Å². The Labute approximate surface area is 123 Å². The van der Waals surface area contributed by atoms with Crippen LogP contribution in [0.4, 0.5) is 0 Å². The third-order valence-corrected chi connectivity index (χ3v) is 4.74. The molecule has 1 unspecified atom stereocenters. The zero-order valence-corrected chi connectivity index (χ0v) is 12.4. The molecule has 0 saturated carbocycles. The molecule has 1 aromatic carbocycles. The summed E-state index contributed by atoms with van der Waals surface area (Å²) in [5.41, 5.74) is 5.12. The normalized spacial score (nSPS) is 21.2. The lowest BCUT2D eigenvalue weighted by Gasteiger charge is -2.33. The van der Waals surface area contributed by atoms with E-state index in [0.29, 0.717) is 6.54 Å². The number of carbonyl (C=O) groups excluding carboxylic acids is 1. The average Bonchev–Trinajstić information content (AvgIpc) is 2.98. The van der Waals surface area contributed by atoms with Gasteiger partial charge in [-0.15, -0.1) is 11.3 Å². The fraction of sp³-hybridized carbons (Fsp3) is 0.375. The molecule has 0 fully saturated rings. The first-order valence-electron chi connectivity index (χ1n) is 6.89. The van der Waals surface area contributed by atoms with E-state index < -0.39 is 0 Å². The number of aryl methyl sites for hydroxylation is 1. The average molecular weight is 286 g/mol. The van der Waals surface area contributed by atoms with Crippen LogP contribution in [0.25, 0.3) is 0 Å². The molecule has 2 aromatic rings. The van der Waals surface area contributed by atoms with Crippen LogP contribution in [0.2, 0.25) is 0 Å². The summed E-state index contributed by atoms with van der Waals surface area (Å²) in [7, 11) is 0. The van der Waals surface area contributed by atoms with Crippen LogP contribution in [0, 0.1) is 5.41 Å². The lowest BCUT2D eigenvalue weighted by atomic mass is 9.72. The van der Waals surface area contributed by atoms with Crippen LogP contribution in [0.15, 0.2) is 35.2 Å². The van der Waals surface area contributed by atoms with Crippen LogP contribution in [0.5, 0.6) is 0 Å². The molecule has 0 radical (unpaired) electrons. The molecule has 3 nitrogen and oxygen atoms in total. The molecule has 4 heteroatoms. The predicted octanol–water partition coefficient (Wildman–Crippen LogP) is 2.95. The minimum absolute atomic E-state index is 0.139. The van der Waals surface area contributed by atoms with E-state index in [9.17, 15) is 4.79 Å². The molecule has 1 atom stereocenters. The smallest absolute Gasteiger partial charge is 0.226 e. The highest BCUT2D eigenvalue weighted by Gasteiger charge is 2.36. The Morgan fingerprint density at radius 3 is 2.95 bits per heavy atom. The highest BCUT2D eigenvalue weighted by atomic mass is 32.1. The molecule has 1 aliphatic rings. The third-order valence-electron chi connectivity index (χ3n) is 4.11. The monoisotopic (exact) mass is 286 g/mol. The van der Waals surface area contributed by atoms with Gasteiger partial charge in [0.2, 0.25) is 5.91 Å². The number of hydrogen-bond donors (Lipinski definition) is 1.